The zero-order chi connectivity index (χ0) is 20.2. The molecule has 0 saturated heterocycles. The van der Waals surface area contributed by atoms with Crippen LogP contribution in [-0.2, 0) is 20.4 Å². The molecule has 0 aliphatic carbocycles. The lowest BCUT2D eigenvalue weighted by Gasteiger charge is -2.09. The van der Waals surface area contributed by atoms with Gasteiger partial charge in [-0.25, -0.2) is 18.4 Å². The predicted octanol–water partition coefficient (Wildman–Crippen LogP) is 2.55. The van der Waals surface area contributed by atoms with E-state index in [1.54, 1.807) is 12.1 Å². The van der Waals surface area contributed by atoms with Gasteiger partial charge in [-0.3, -0.25) is 4.79 Å². The van der Waals surface area contributed by atoms with Gasteiger partial charge in [-0.2, -0.15) is 13.2 Å². The molecule has 0 aliphatic rings. The molecule has 0 spiro atoms. The maximum Gasteiger partial charge on any atom is 0.389 e. The third-order valence-electron chi connectivity index (χ3n) is 3.27. The molecule has 146 valence electrons. The van der Waals surface area contributed by atoms with Gasteiger partial charge in [0.2, 0.25) is 5.91 Å². The molecule has 7 nitrogen and oxygen atoms in total. The number of anilines is 2. The fraction of sp³-hybridized carbons (Fsp3) is 0.312. The van der Waals surface area contributed by atoms with Crippen LogP contribution in [0.1, 0.15) is 18.5 Å². The molecule has 1 aromatic carbocycles. The van der Waals surface area contributed by atoms with Crippen molar-refractivity contribution < 1.29 is 26.4 Å². The van der Waals surface area contributed by atoms with Gasteiger partial charge in [0, 0.05) is 30.0 Å². The quantitative estimate of drug-likeness (QED) is 0.767. The Morgan fingerprint density at radius 3 is 2.37 bits per heavy atom. The van der Waals surface area contributed by atoms with Crippen LogP contribution in [0.3, 0.4) is 0 Å². The van der Waals surface area contributed by atoms with Crippen molar-refractivity contribution in [2.24, 2.45) is 0 Å². The summed E-state index contributed by atoms with van der Waals surface area (Å²) in [6.07, 6.45) is -5.19. The average Bonchev–Trinajstić information content (AvgIpc) is 2.51. The van der Waals surface area contributed by atoms with Crippen LogP contribution in [0.25, 0.3) is 11.4 Å². The summed E-state index contributed by atoms with van der Waals surface area (Å²) in [4.78, 5) is 19.7. The van der Waals surface area contributed by atoms with E-state index in [4.69, 9.17) is 5.73 Å². The highest BCUT2D eigenvalue weighted by Crippen LogP contribution is 2.23. The van der Waals surface area contributed by atoms with Gasteiger partial charge in [0.05, 0.1) is 17.9 Å². The number of rotatable bonds is 6. The third kappa shape index (κ3) is 7.21. The average molecular weight is 402 g/mol. The van der Waals surface area contributed by atoms with Gasteiger partial charge in [0.1, 0.15) is 5.82 Å². The second-order valence-corrected chi connectivity index (χ2v) is 8.06. The molecule has 0 saturated carbocycles. The Morgan fingerprint density at radius 1 is 1.19 bits per heavy atom. The Hall–Kier alpha value is -2.69. The van der Waals surface area contributed by atoms with E-state index in [1.807, 2.05) is 0 Å². The number of amides is 1. The number of alkyl halides is 3. The highest BCUT2D eigenvalue weighted by molar-refractivity contribution is 7.89. The van der Waals surface area contributed by atoms with Gasteiger partial charge in [-0.15, -0.1) is 0 Å². The Morgan fingerprint density at radius 2 is 1.81 bits per heavy atom. The zero-order valence-corrected chi connectivity index (χ0v) is 15.1. The minimum absolute atomic E-state index is 0.100. The van der Waals surface area contributed by atoms with E-state index in [-0.39, 0.29) is 23.1 Å². The molecule has 2 aromatic rings. The molecule has 3 N–H and O–H groups in total. The van der Waals surface area contributed by atoms with Gasteiger partial charge in [0.15, 0.2) is 15.7 Å². The molecule has 0 bridgehead atoms. The van der Waals surface area contributed by atoms with E-state index in [9.17, 15) is 26.4 Å². The fourth-order valence-electron chi connectivity index (χ4n) is 2.17. The van der Waals surface area contributed by atoms with Crippen molar-refractivity contribution in [3.8, 4) is 11.4 Å². The van der Waals surface area contributed by atoms with E-state index >= 15 is 0 Å². The van der Waals surface area contributed by atoms with E-state index in [0.717, 1.165) is 6.26 Å². The molecular weight excluding hydrogens is 385 g/mol. The molecule has 27 heavy (non-hydrogen) atoms. The van der Waals surface area contributed by atoms with Gasteiger partial charge >= 0.3 is 6.18 Å². The number of hydrogen-bond acceptors (Lipinski definition) is 6. The lowest BCUT2D eigenvalue weighted by atomic mass is 10.2. The van der Waals surface area contributed by atoms with Crippen LogP contribution in [0.2, 0.25) is 0 Å². The van der Waals surface area contributed by atoms with Crippen LogP contribution >= 0.6 is 0 Å². The Balaban J connectivity index is 2.12. The van der Waals surface area contributed by atoms with E-state index < -0.39 is 34.8 Å². The first-order chi connectivity index (χ1) is 12.4. The van der Waals surface area contributed by atoms with Crippen molar-refractivity contribution in [1.82, 2.24) is 9.97 Å². The van der Waals surface area contributed by atoms with Crippen LogP contribution < -0.4 is 11.1 Å². The number of halogens is 3. The number of nitrogens with one attached hydrogen (secondary N) is 1. The molecule has 0 fully saturated rings. The van der Waals surface area contributed by atoms with Gasteiger partial charge in [-0.1, -0.05) is 0 Å². The Kier molecular flexibility index (Phi) is 6.04. The minimum atomic E-state index is -4.39. The SMILES string of the molecule is CS(=O)(=O)Cc1cc(N)nc(-c2ccc(NC(=O)CCC(F)(F)F)cc2)n1. The highest BCUT2D eigenvalue weighted by Gasteiger charge is 2.27. The van der Waals surface area contributed by atoms with Crippen molar-refractivity contribution >= 4 is 27.2 Å². The van der Waals surface area contributed by atoms with Crippen molar-refractivity contribution in [2.45, 2.75) is 24.8 Å². The second kappa shape index (κ2) is 7.91. The normalized spacial score (nSPS) is 12.0. The first kappa shape index (κ1) is 20.6. The maximum absolute atomic E-state index is 12.1. The standard InChI is InChI=1S/C16H17F3N4O3S/c1-27(25,26)9-12-8-13(20)23-15(22-12)10-2-4-11(5-3-10)21-14(24)6-7-16(17,18)19/h2-5,8H,6-7,9H2,1H3,(H,21,24)(H2,20,22,23). The number of carbonyl (C=O) groups excluding carboxylic acids is 1. The lowest BCUT2D eigenvalue weighted by molar-refractivity contribution is -0.142. The fourth-order valence-corrected chi connectivity index (χ4v) is 2.86. The molecule has 0 unspecified atom stereocenters. The summed E-state index contributed by atoms with van der Waals surface area (Å²) in [7, 11) is -3.30. The molecule has 0 aliphatic heterocycles. The molecular formula is C16H17F3N4O3S. The van der Waals surface area contributed by atoms with E-state index in [2.05, 4.69) is 15.3 Å². The monoisotopic (exact) mass is 402 g/mol. The third-order valence-corrected chi connectivity index (χ3v) is 4.09. The largest absolute Gasteiger partial charge is 0.389 e. The maximum atomic E-state index is 12.1. The summed E-state index contributed by atoms with van der Waals surface area (Å²) < 4.78 is 59.2. The summed E-state index contributed by atoms with van der Waals surface area (Å²) >= 11 is 0. The van der Waals surface area contributed by atoms with E-state index in [0.29, 0.717) is 11.3 Å². The Labute approximate surface area is 153 Å². The lowest BCUT2D eigenvalue weighted by Crippen LogP contribution is -2.16. The molecule has 0 atom stereocenters. The molecule has 1 aromatic heterocycles. The van der Waals surface area contributed by atoms with Crippen molar-refractivity contribution in [3.63, 3.8) is 0 Å². The number of hydrogen-bond donors (Lipinski definition) is 2. The minimum Gasteiger partial charge on any atom is -0.384 e. The van der Waals surface area contributed by atoms with Crippen molar-refractivity contribution in [2.75, 3.05) is 17.3 Å². The van der Waals surface area contributed by atoms with Crippen LogP contribution in [0.4, 0.5) is 24.7 Å². The first-order valence-corrected chi connectivity index (χ1v) is 9.75. The summed E-state index contributed by atoms with van der Waals surface area (Å²) in [6, 6.07) is 7.39. The molecule has 11 heteroatoms. The molecule has 2 rings (SSSR count). The number of carbonyl (C=O) groups is 1. The highest BCUT2D eigenvalue weighted by atomic mass is 32.2. The van der Waals surface area contributed by atoms with Crippen LogP contribution in [0.5, 0.6) is 0 Å². The number of aromatic nitrogens is 2. The number of nitrogens with two attached hydrogens (primary N) is 1. The summed E-state index contributed by atoms with van der Waals surface area (Å²) in [5, 5.41) is 2.36. The van der Waals surface area contributed by atoms with Gasteiger partial charge in [-0.05, 0) is 24.3 Å². The number of nitrogen functional groups attached to an aromatic ring is 1. The van der Waals surface area contributed by atoms with Crippen molar-refractivity contribution in [3.05, 3.63) is 36.0 Å². The molecule has 0 radical (unpaired) electrons. The number of sulfone groups is 1. The zero-order valence-electron chi connectivity index (χ0n) is 14.2. The summed E-state index contributed by atoms with van der Waals surface area (Å²) in [6.45, 7) is 0. The van der Waals surface area contributed by atoms with Gasteiger partial charge < -0.3 is 11.1 Å². The smallest absolute Gasteiger partial charge is 0.384 e. The number of benzene rings is 1. The topological polar surface area (TPSA) is 115 Å². The van der Waals surface area contributed by atoms with E-state index in [1.165, 1.54) is 18.2 Å². The first-order valence-electron chi connectivity index (χ1n) is 7.69. The Bertz CT molecular complexity index is 929. The number of nitrogens with zero attached hydrogens (tertiary/aromatic N) is 2. The van der Waals surface area contributed by atoms with Crippen LogP contribution in [-0.4, -0.2) is 36.7 Å². The predicted molar refractivity (Wildman–Crippen MR) is 94.3 cm³/mol. The van der Waals surface area contributed by atoms with Gasteiger partial charge in [0.25, 0.3) is 0 Å². The summed E-state index contributed by atoms with van der Waals surface area (Å²) in [5.41, 5.74) is 6.74. The molecule has 1 heterocycles. The van der Waals surface area contributed by atoms with Crippen molar-refractivity contribution in [1.29, 1.82) is 0 Å². The molecule has 1 amide bonds. The second-order valence-electron chi connectivity index (χ2n) is 5.92. The summed E-state index contributed by atoms with van der Waals surface area (Å²) in [5.74, 6) is -0.748. The van der Waals surface area contributed by atoms with Crippen LogP contribution in [0, 0.1) is 0 Å². The van der Waals surface area contributed by atoms with Crippen LogP contribution in [0.15, 0.2) is 30.3 Å².